The molecule has 2 nitrogen and oxygen atoms in total. The first-order valence-electron chi connectivity index (χ1n) is 17.9. The van der Waals surface area contributed by atoms with Gasteiger partial charge in [0.05, 0.1) is 22.1 Å². The number of hydrogen-bond donors (Lipinski definition) is 0. The summed E-state index contributed by atoms with van der Waals surface area (Å²) in [5.41, 5.74) is 15.2. The van der Waals surface area contributed by atoms with E-state index >= 15 is 0 Å². The molecule has 0 spiro atoms. The lowest BCUT2D eigenvalue weighted by Gasteiger charge is -2.21. The predicted octanol–water partition coefficient (Wildman–Crippen LogP) is 13.0. The molecule has 10 aromatic rings. The summed E-state index contributed by atoms with van der Waals surface area (Å²) in [7, 11) is 0. The molecule has 8 aromatic carbocycles. The molecule has 1 aliphatic carbocycles. The first-order chi connectivity index (χ1) is 25.1. The SMILES string of the molecule is CC1(C)c2ccccc2-c2c1ccc1c2ccc2c3ccccc3n(-c3ccc(-c4ccc5c(c4)c4ccccc4n5-c4ccccc4)cc3)c12. The monoisotopic (exact) mass is 650 g/mol. The van der Waals surface area contributed by atoms with Crippen molar-refractivity contribution in [2.45, 2.75) is 19.3 Å². The van der Waals surface area contributed by atoms with E-state index in [4.69, 9.17) is 0 Å². The Labute approximate surface area is 296 Å². The fraction of sp³-hybridized carbons (Fsp3) is 0.0612. The Kier molecular flexibility index (Phi) is 5.76. The smallest absolute Gasteiger partial charge is 0.0619 e. The number of rotatable bonds is 3. The van der Waals surface area contributed by atoms with Crippen molar-refractivity contribution in [1.82, 2.24) is 9.13 Å². The van der Waals surface area contributed by atoms with E-state index in [1.807, 2.05) is 0 Å². The van der Waals surface area contributed by atoms with E-state index in [0.29, 0.717) is 0 Å². The van der Waals surface area contributed by atoms with Crippen LogP contribution in [0.1, 0.15) is 25.0 Å². The first-order valence-corrected chi connectivity index (χ1v) is 17.9. The molecule has 0 atom stereocenters. The summed E-state index contributed by atoms with van der Waals surface area (Å²) in [6, 6.07) is 62.7. The lowest BCUT2D eigenvalue weighted by atomic mass is 9.82. The van der Waals surface area contributed by atoms with Crippen LogP contribution >= 0.6 is 0 Å². The van der Waals surface area contributed by atoms with Crippen molar-refractivity contribution in [3.63, 3.8) is 0 Å². The summed E-state index contributed by atoms with van der Waals surface area (Å²) in [6.07, 6.45) is 0. The van der Waals surface area contributed by atoms with Gasteiger partial charge >= 0.3 is 0 Å². The van der Waals surface area contributed by atoms with Crippen LogP contribution in [0.5, 0.6) is 0 Å². The molecule has 0 fully saturated rings. The quantitative estimate of drug-likeness (QED) is 0.180. The van der Waals surface area contributed by atoms with Gasteiger partial charge in [0.1, 0.15) is 0 Å². The van der Waals surface area contributed by atoms with Crippen LogP contribution in [0.3, 0.4) is 0 Å². The van der Waals surface area contributed by atoms with Gasteiger partial charge in [-0.25, -0.2) is 0 Å². The fourth-order valence-electron chi connectivity index (χ4n) is 9.15. The summed E-state index contributed by atoms with van der Waals surface area (Å²) >= 11 is 0. The second-order valence-corrected chi connectivity index (χ2v) is 14.5. The number of nitrogens with zero attached hydrogens (tertiary/aromatic N) is 2. The van der Waals surface area contributed by atoms with Gasteiger partial charge in [0.2, 0.25) is 0 Å². The van der Waals surface area contributed by atoms with E-state index in [1.54, 1.807) is 0 Å². The zero-order valence-corrected chi connectivity index (χ0v) is 28.6. The van der Waals surface area contributed by atoms with Crippen molar-refractivity contribution in [1.29, 1.82) is 0 Å². The van der Waals surface area contributed by atoms with E-state index in [0.717, 1.165) is 0 Å². The number of fused-ring (bicyclic) bond motifs is 12. The van der Waals surface area contributed by atoms with Gasteiger partial charge in [0.15, 0.2) is 0 Å². The molecule has 2 heterocycles. The molecular weight excluding hydrogens is 617 g/mol. The maximum atomic E-state index is 2.48. The number of hydrogen-bond acceptors (Lipinski definition) is 0. The lowest BCUT2D eigenvalue weighted by molar-refractivity contribution is 0.661. The van der Waals surface area contributed by atoms with Gasteiger partial charge in [0.25, 0.3) is 0 Å². The summed E-state index contributed by atoms with van der Waals surface area (Å²) in [5, 5.41) is 7.71. The van der Waals surface area contributed by atoms with Crippen LogP contribution in [0, 0.1) is 0 Å². The topological polar surface area (TPSA) is 9.86 Å². The molecule has 0 N–H and O–H groups in total. The molecule has 0 radical (unpaired) electrons. The Morgan fingerprint density at radius 1 is 0.373 bits per heavy atom. The van der Waals surface area contributed by atoms with E-state index in [2.05, 4.69) is 193 Å². The van der Waals surface area contributed by atoms with Gasteiger partial charge in [-0.15, -0.1) is 0 Å². The Bertz CT molecular complexity index is 3030. The third-order valence-electron chi connectivity index (χ3n) is 11.5. The maximum absolute atomic E-state index is 2.48. The highest BCUT2D eigenvalue weighted by Gasteiger charge is 2.36. The van der Waals surface area contributed by atoms with Crippen molar-refractivity contribution < 1.29 is 0 Å². The highest BCUT2D eigenvalue weighted by Crippen LogP contribution is 2.52. The molecule has 51 heavy (non-hydrogen) atoms. The molecule has 0 bridgehead atoms. The minimum atomic E-state index is -0.0307. The third-order valence-corrected chi connectivity index (χ3v) is 11.5. The zero-order valence-electron chi connectivity index (χ0n) is 28.6. The maximum Gasteiger partial charge on any atom is 0.0619 e. The van der Waals surface area contributed by atoms with Crippen LogP contribution in [0.2, 0.25) is 0 Å². The van der Waals surface area contributed by atoms with Crippen molar-refractivity contribution in [3.8, 4) is 33.6 Å². The van der Waals surface area contributed by atoms with Crippen molar-refractivity contribution >= 4 is 54.4 Å². The zero-order chi connectivity index (χ0) is 33.8. The van der Waals surface area contributed by atoms with E-state index in [1.165, 1.54) is 99.1 Å². The van der Waals surface area contributed by atoms with Gasteiger partial charge in [-0.1, -0.05) is 135 Å². The molecule has 0 amide bonds. The van der Waals surface area contributed by atoms with Gasteiger partial charge in [-0.3, -0.25) is 0 Å². The molecule has 11 rings (SSSR count). The van der Waals surface area contributed by atoms with E-state index < -0.39 is 0 Å². The Hall–Kier alpha value is -6.38. The predicted molar refractivity (Wildman–Crippen MR) is 216 cm³/mol. The highest BCUT2D eigenvalue weighted by molar-refractivity contribution is 6.21. The van der Waals surface area contributed by atoms with Gasteiger partial charge < -0.3 is 9.13 Å². The highest BCUT2D eigenvalue weighted by atomic mass is 15.0. The lowest BCUT2D eigenvalue weighted by Crippen LogP contribution is -2.14. The first kappa shape index (κ1) is 28.5. The summed E-state index contributed by atoms with van der Waals surface area (Å²) in [5.74, 6) is 0. The number of benzene rings is 8. The van der Waals surface area contributed by atoms with E-state index in [9.17, 15) is 0 Å². The second kappa shape index (κ2) is 10.3. The van der Waals surface area contributed by atoms with Gasteiger partial charge in [0, 0.05) is 43.7 Å². The van der Waals surface area contributed by atoms with Crippen LogP contribution in [0.15, 0.2) is 170 Å². The number of aromatic nitrogens is 2. The summed E-state index contributed by atoms with van der Waals surface area (Å²) in [6.45, 7) is 4.72. The van der Waals surface area contributed by atoms with Gasteiger partial charge in [-0.05, 0) is 87.3 Å². The normalized spacial score (nSPS) is 13.5. The molecular formula is C49H34N2. The molecule has 240 valence electrons. The summed E-state index contributed by atoms with van der Waals surface area (Å²) in [4.78, 5) is 0. The number of para-hydroxylation sites is 3. The molecule has 1 aliphatic rings. The molecule has 2 heteroatoms. The Morgan fingerprint density at radius 3 is 1.75 bits per heavy atom. The molecule has 0 saturated heterocycles. The Morgan fingerprint density at radius 2 is 0.941 bits per heavy atom. The molecule has 0 aliphatic heterocycles. The minimum absolute atomic E-state index is 0.0307. The summed E-state index contributed by atoms with van der Waals surface area (Å²) < 4.78 is 4.85. The van der Waals surface area contributed by atoms with Crippen LogP contribution in [0.4, 0.5) is 0 Å². The Balaban J connectivity index is 1.09. The van der Waals surface area contributed by atoms with Gasteiger partial charge in [-0.2, -0.15) is 0 Å². The van der Waals surface area contributed by atoms with Crippen molar-refractivity contribution in [2.75, 3.05) is 0 Å². The average Bonchev–Trinajstić information content (AvgIpc) is 3.78. The van der Waals surface area contributed by atoms with Crippen molar-refractivity contribution in [2.24, 2.45) is 0 Å². The van der Waals surface area contributed by atoms with Crippen LogP contribution in [0.25, 0.3) is 88.0 Å². The standard InChI is InChI=1S/C49H34N2/c1-49(2)42-17-9-6-16-40(42)47-37-25-26-38-35-14-7-11-19-45(35)51(48(38)39(37)27-28-43(47)49)34-23-20-31(21-24-34)32-22-29-46-41(30-32)36-15-8-10-18-44(36)50(46)33-12-4-3-5-13-33/h3-30H,1-2H3. The van der Waals surface area contributed by atoms with Crippen molar-refractivity contribution in [3.05, 3.63) is 181 Å². The van der Waals surface area contributed by atoms with Crippen LogP contribution < -0.4 is 0 Å². The van der Waals surface area contributed by atoms with E-state index in [-0.39, 0.29) is 5.41 Å². The minimum Gasteiger partial charge on any atom is -0.309 e. The average molecular weight is 651 g/mol. The molecule has 0 saturated carbocycles. The molecule has 2 aromatic heterocycles. The second-order valence-electron chi connectivity index (χ2n) is 14.5. The molecule has 0 unspecified atom stereocenters. The largest absolute Gasteiger partial charge is 0.309 e. The third kappa shape index (κ3) is 3.88. The van der Waals surface area contributed by atoms with Crippen LogP contribution in [-0.4, -0.2) is 9.13 Å². The van der Waals surface area contributed by atoms with Crippen LogP contribution in [-0.2, 0) is 5.41 Å². The fourth-order valence-corrected chi connectivity index (χ4v) is 9.15.